The Hall–Kier alpha value is -0.810. The molecule has 1 aliphatic heterocycles. The number of amides is 2. The molecule has 1 aliphatic carbocycles. The lowest BCUT2D eigenvalue weighted by Gasteiger charge is -2.21. The highest BCUT2D eigenvalue weighted by Gasteiger charge is 2.39. The van der Waals surface area contributed by atoms with Crippen molar-refractivity contribution in [2.75, 3.05) is 13.2 Å². The minimum atomic E-state index is -0.145. The molecule has 3 unspecified atom stereocenters. The highest BCUT2D eigenvalue weighted by atomic mass is 16.3. The van der Waals surface area contributed by atoms with E-state index in [1.807, 2.05) is 0 Å². The van der Waals surface area contributed by atoms with Crippen LogP contribution in [-0.2, 0) is 0 Å². The van der Waals surface area contributed by atoms with Crippen LogP contribution in [0.4, 0.5) is 4.79 Å². The highest BCUT2D eigenvalue weighted by Crippen LogP contribution is 2.33. The number of carbonyl (C=O) groups is 1. The number of aliphatic hydroxyl groups is 1. The van der Waals surface area contributed by atoms with Crippen LogP contribution < -0.4 is 10.6 Å². The molecule has 0 aromatic heterocycles. The first-order chi connectivity index (χ1) is 9.49. The minimum Gasteiger partial charge on any atom is -0.394 e. The number of nitrogens with zero attached hydrogens (tertiary/aromatic N) is 1. The molecule has 1 heterocycles. The van der Waals surface area contributed by atoms with Gasteiger partial charge in [-0.15, -0.1) is 0 Å². The summed E-state index contributed by atoms with van der Waals surface area (Å²) in [6.07, 6.45) is 4.45. The van der Waals surface area contributed by atoms with Crippen molar-refractivity contribution in [3.63, 3.8) is 0 Å². The third kappa shape index (κ3) is 4.35. The monoisotopic (exact) mass is 283 g/mol. The van der Waals surface area contributed by atoms with E-state index in [0.29, 0.717) is 12.0 Å². The normalized spacial score (nSPS) is 28.6. The molecule has 0 radical (unpaired) electrons. The summed E-state index contributed by atoms with van der Waals surface area (Å²) in [5.41, 5.74) is 0. The van der Waals surface area contributed by atoms with E-state index in [1.54, 1.807) is 0 Å². The summed E-state index contributed by atoms with van der Waals surface area (Å²) >= 11 is 0. The van der Waals surface area contributed by atoms with Gasteiger partial charge in [-0.05, 0) is 38.5 Å². The molecule has 2 aliphatic rings. The van der Waals surface area contributed by atoms with Crippen molar-refractivity contribution >= 4 is 6.03 Å². The van der Waals surface area contributed by atoms with E-state index < -0.39 is 0 Å². The van der Waals surface area contributed by atoms with Gasteiger partial charge >= 0.3 is 6.03 Å². The van der Waals surface area contributed by atoms with Crippen molar-refractivity contribution in [2.45, 2.75) is 70.6 Å². The van der Waals surface area contributed by atoms with Gasteiger partial charge < -0.3 is 15.7 Å². The number of carbonyl (C=O) groups excluding carboxylic acids is 1. The van der Waals surface area contributed by atoms with E-state index in [9.17, 15) is 9.90 Å². The van der Waals surface area contributed by atoms with Gasteiger partial charge in [0.25, 0.3) is 0 Å². The molecule has 20 heavy (non-hydrogen) atoms. The van der Waals surface area contributed by atoms with Crippen LogP contribution >= 0.6 is 0 Å². The van der Waals surface area contributed by atoms with Crippen LogP contribution in [0.5, 0.6) is 0 Å². The lowest BCUT2D eigenvalue weighted by Crippen LogP contribution is -2.48. The summed E-state index contributed by atoms with van der Waals surface area (Å²) < 4.78 is 0. The van der Waals surface area contributed by atoms with Crippen LogP contribution in [-0.4, -0.2) is 53.4 Å². The van der Waals surface area contributed by atoms with Crippen LogP contribution in [0.1, 0.15) is 46.5 Å². The summed E-state index contributed by atoms with van der Waals surface area (Å²) in [7, 11) is 0. The maximum atomic E-state index is 12.0. The van der Waals surface area contributed by atoms with Gasteiger partial charge in [0.15, 0.2) is 0 Å². The topological polar surface area (TPSA) is 64.6 Å². The zero-order valence-electron chi connectivity index (χ0n) is 12.9. The van der Waals surface area contributed by atoms with Crippen LogP contribution in [0.2, 0.25) is 0 Å². The molecule has 1 saturated heterocycles. The molecule has 116 valence electrons. The third-order valence-electron chi connectivity index (χ3n) is 4.29. The largest absolute Gasteiger partial charge is 0.394 e. The molecule has 5 nitrogen and oxygen atoms in total. The van der Waals surface area contributed by atoms with E-state index in [0.717, 1.165) is 25.4 Å². The second kappa shape index (κ2) is 6.76. The van der Waals surface area contributed by atoms with Crippen molar-refractivity contribution in [1.29, 1.82) is 0 Å². The average molecular weight is 283 g/mol. The Labute approximate surface area is 122 Å². The van der Waals surface area contributed by atoms with Gasteiger partial charge in [0, 0.05) is 24.7 Å². The molecule has 1 saturated carbocycles. The quantitative estimate of drug-likeness (QED) is 0.689. The van der Waals surface area contributed by atoms with Crippen LogP contribution in [0, 0.1) is 5.92 Å². The number of rotatable bonds is 6. The SMILES string of the molecule is CC(C)CC(CO)NC(=O)NC1CC(C)N(C2CC2)C1. The number of nitrogens with one attached hydrogen (secondary N) is 2. The second-order valence-corrected chi connectivity index (χ2v) is 6.84. The highest BCUT2D eigenvalue weighted by molar-refractivity contribution is 5.74. The smallest absolute Gasteiger partial charge is 0.315 e. The number of hydrogen-bond donors (Lipinski definition) is 3. The van der Waals surface area contributed by atoms with Crippen LogP contribution in [0.3, 0.4) is 0 Å². The van der Waals surface area contributed by atoms with Gasteiger partial charge in [0.1, 0.15) is 0 Å². The summed E-state index contributed by atoms with van der Waals surface area (Å²) in [4.78, 5) is 14.5. The van der Waals surface area contributed by atoms with Gasteiger partial charge in [0.05, 0.1) is 12.6 Å². The Morgan fingerprint density at radius 2 is 2.10 bits per heavy atom. The van der Waals surface area contributed by atoms with E-state index in [1.165, 1.54) is 12.8 Å². The number of urea groups is 1. The van der Waals surface area contributed by atoms with Crippen molar-refractivity contribution in [3.05, 3.63) is 0 Å². The van der Waals surface area contributed by atoms with Crippen LogP contribution in [0.25, 0.3) is 0 Å². The molecule has 2 fully saturated rings. The maximum absolute atomic E-state index is 12.0. The molecule has 0 aromatic carbocycles. The summed E-state index contributed by atoms with van der Waals surface area (Å²) in [6, 6.07) is 1.28. The second-order valence-electron chi connectivity index (χ2n) is 6.84. The number of likely N-dealkylation sites (tertiary alicyclic amines) is 1. The standard InChI is InChI=1S/C15H29N3O2/c1-10(2)6-13(9-19)17-15(20)16-12-7-11(3)18(8-12)14-4-5-14/h10-14,19H,4-9H2,1-3H3,(H2,16,17,20). The fourth-order valence-electron chi connectivity index (χ4n) is 3.24. The predicted molar refractivity (Wildman–Crippen MR) is 79.6 cm³/mol. The molecule has 2 rings (SSSR count). The van der Waals surface area contributed by atoms with E-state index in [2.05, 4.69) is 36.3 Å². The van der Waals surface area contributed by atoms with E-state index in [-0.39, 0.29) is 24.7 Å². The van der Waals surface area contributed by atoms with Gasteiger partial charge in [-0.3, -0.25) is 4.90 Å². The van der Waals surface area contributed by atoms with Crippen molar-refractivity contribution in [2.24, 2.45) is 5.92 Å². The lowest BCUT2D eigenvalue weighted by molar-refractivity contribution is 0.204. The van der Waals surface area contributed by atoms with Crippen LogP contribution in [0.15, 0.2) is 0 Å². The zero-order chi connectivity index (χ0) is 14.7. The molecule has 0 aromatic rings. The summed E-state index contributed by atoms with van der Waals surface area (Å²) in [5, 5.41) is 15.2. The van der Waals surface area contributed by atoms with Crippen molar-refractivity contribution in [3.8, 4) is 0 Å². The fourth-order valence-corrected chi connectivity index (χ4v) is 3.24. The average Bonchev–Trinajstić information content (AvgIpc) is 3.13. The van der Waals surface area contributed by atoms with Crippen molar-refractivity contribution < 1.29 is 9.90 Å². The molecular formula is C15H29N3O2. The first-order valence-electron chi connectivity index (χ1n) is 7.93. The third-order valence-corrected chi connectivity index (χ3v) is 4.29. The predicted octanol–water partition coefficient (Wildman–Crippen LogP) is 1.32. The first kappa shape index (κ1) is 15.6. The Bertz CT molecular complexity index is 331. The zero-order valence-corrected chi connectivity index (χ0v) is 12.9. The Morgan fingerprint density at radius 1 is 1.40 bits per heavy atom. The Morgan fingerprint density at radius 3 is 2.65 bits per heavy atom. The molecule has 3 N–H and O–H groups in total. The van der Waals surface area contributed by atoms with E-state index in [4.69, 9.17) is 0 Å². The fraction of sp³-hybridized carbons (Fsp3) is 0.933. The number of hydrogen-bond acceptors (Lipinski definition) is 3. The number of aliphatic hydroxyl groups excluding tert-OH is 1. The minimum absolute atomic E-state index is 0.000862. The van der Waals surface area contributed by atoms with Crippen molar-refractivity contribution in [1.82, 2.24) is 15.5 Å². The molecule has 3 atom stereocenters. The molecular weight excluding hydrogens is 254 g/mol. The van der Waals surface area contributed by atoms with Gasteiger partial charge in [-0.2, -0.15) is 0 Å². The summed E-state index contributed by atoms with van der Waals surface area (Å²) in [6.45, 7) is 7.39. The molecule has 5 heteroatoms. The van der Waals surface area contributed by atoms with E-state index >= 15 is 0 Å². The van der Waals surface area contributed by atoms with Gasteiger partial charge in [-0.25, -0.2) is 4.79 Å². The van der Waals surface area contributed by atoms with Gasteiger partial charge in [0.2, 0.25) is 0 Å². The first-order valence-corrected chi connectivity index (χ1v) is 7.93. The lowest BCUT2D eigenvalue weighted by atomic mass is 10.0. The summed E-state index contributed by atoms with van der Waals surface area (Å²) in [5.74, 6) is 0.462. The maximum Gasteiger partial charge on any atom is 0.315 e. The molecule has 0 bridgehead atoms. The van der Waals surface area contributed by atoms with Gasteiger partial charge in [-0.1, -0.05) is 13.8 Å². The molecule has 2 amide bonds. The Balaban J connectivity index is 1.74. The molecule has 0 spiro atoms. The Kier molecular flexibility index (Phi) is 5.27.